The fraction of sp³-hybridized carbons (Fsp3) is 0.222. The van der Waals surface area contributed by atoms with E-state index in [-0.39, 0.29) is 0 Å². The van der Waals surface area contributed by atoms with Crippen LogP contribution in [0, 0.1) is 0 Å². The SMILES string of the molecule is NCCn1cnc2cc(Cl)ccc21. The molecule has 0 unspecified atom stereocenters. The molecule has 2 rings (SSSR count). The number of halogens is 1. The normalized spacial score (nSPS) is 10.9. The van der Waals surface area contributed by atoms with Crippen LogP contribution in [0.1, 0.15) is 0 Å². The summed E-state index contributed by atoms with van der Waals surface area (Å²) in [5.74, 6) is 0. The topological polar surface area (TPSA) is 43.8 Å². The first-order valence-corrected chi connectivity index (χ1v) is 4.49. The minimum atomic E-state index is 0.619. The lowest BCUT2D eigenvalue weighted by atomic mass is 10.3. The van der Waals surface area contributed by atoms with Gasteiger partial charge in [0, 0.05) is 18.1 Å². The van der Waals surface area contributed by atoms with Gasteiger partial charge in [0.1, 0.15) is 0 Å². The van der Waals surface area contributed by atoms with Crippen molar-refractivity contribution in [1.82, 2.24) is 9.55 Å². The molecule has 0 atom stereocenters. The maximum absolute atomic E-state index is 5.83. The second-order valence-corrected chi connectivity index (χ2v) is 3.30. The van der Waals surface area contributed by atoms with Crippen molar-refractivity contribution >= 4 is 22.6 Å². The maximum Gasteiger partial charge on any atom is 0.0958 e. The number of fused-ring (bicyclic) bond motifs is 1. The van der Waals surface area contributed by atoms with E-state index in [4.69, 9.17) is 17.3 Å². The van der Waals surface area contributed by atoms with E-state index >= 15 is 0 Å². The molecule has 4 heteroatoms. The predicted molar refractivity (Wildman–Crippen MR) is 53.8 cm³/mol. The van der Waals surface area contributed by atoms with Crippen molar-refractivity contribution in [2.24, 2.45) is 5.73 Å². The Balaban J connectivity index is 2.55. The molecule has 2 aromatic rings. The Morgan fingerprint density at radius 1 is 1.46 bits per heavy atom. The zero-order valence-electron chi connectivity index (χ0n) is 7.07. The van der Waals surface area contributed by atoms with Crippen LogP contribution in [0.3, 0.4) is 0 Å². The molecule has 0 radical (unpaired) electrons. The Hall–Kier alpha value is -1.06. The Morgan fingerprint density at radius 3 is 3.08 bits per heavy atom. The smallest absolute Gasteiger partial charge is 0.0958 e. The maximum atomic E-state index is 5.83. The molecule has 13 heavy (non-hydrogen) atoms. The third-order valence-electron chi connectivity index (χ3n) is 1.95. The van der Waals surface area contributed by atoms with Gasteiger partial charge in [-0.25, -0.2) is 4.98 Å². The van der Waals surface area contributed by atoms with Gasteiger partial charge in [-0.15, -0.1) is 0 Å². The van der Waals surface area contributed by atoms with Gasteiger partial charge < -0.3 is 10.3 Å². The molecular weight excluding hydrogens is 186 g/mol. The molecule has 0 saturated carbocycles. The lowest BCUT2D eigenvalue weighted by molar-refractivity contribution is 0.728. The molecule has 0 spiro atoms. The van der Waals surface area contributed by atoms with Gasteiger partial charge in [-0.1, -0.05) is 11.6 Å². The van der Waals surface area contributed by atoms with E-state index in [1.165, 1.54) is 0 Å². The first-order valence-electron chi connectivity index (χ1n) is 4.12. The summed E-state index contributed by atoms with van der Waals surface area (Å²) in [7, 11) is 0. The van der Waals surface area contributed by atoms with E-state index in [1.807, 2.05) is 22.8 Å². The Morgan fingerprint density at radius 2 is 2.31 bits per heavy atom. The molecule has 0 aliphatic rings. The molecule has 1 aromatic carbocycles. The Bertz CT molecular complexity index is 422. The summed E-state index contributed by atoms with van der Waals surface area (Å²) in [6, 6.07) is 5.67. The van der Waals surface area contributed by atoms with E-state index in [1.54, 1.807) is 6.33 Å². The van der Waals surface area contributed by atoms with Gasteiger partial charge in [-0.2, -0.15) is 0 Å². The van der Waals surface area contributed by atoms with Crippen LogP contribution >= 0.6 is 11.6 Å². The van der Waals surface area contributed by atoms with Gasteiger partial charge in [0.2, 0.25) is 0 Å². The average molecular weight is 196 g/mol. The van der Waals surface area contributed by atoms with Crippen LogP contribution in [0.25, 0.3) is 11.0 Å². The van der Waals surface area contributed by atoms with Crippen molar-refractivity contribution in [2.75, 3.05) is 6.54 Å². The summed E-state index contributed by atoms with van der Waals surface area (Å²) < 4.78 is 2.02. The standard InChI is InChI=1S/C9H10ClN3/c10-7-1-2-9-8(5-7)12-6-13(9)4-3-11/h1-2,5-6H,3-4,11H2. The van der Waals surface area contributed by atoms with Crippen LogP contribution in [-0.4, -0.2) is 16.1 Å². The number of nitrogens with two attached hydrogens (primary N) is 1. The molecular formula is C9H10ClN3. The minimum absolute atomic E-state index is 0.619. The number of aromatic nitrogens is 2. The number of nitrogens with zero attached hydrogens (tertiary/aromatic N) is 2. The van der Waals surface area contributed by atoms with Crippen LogP contribution in [0.5, 0.6) is 0 Å². The number of rotatable bonds is 2. The molecule has 2 N–H and O–H groups in total. The van der Waals surface area contributed by atoms with Crippen molar-refractivity contribution in [1.29, 1.82) is 0 Å². The lowest BCUT2D eigenvalue weighted by Crippen LogP contribution is -2.08. The van der Waals surface area contributed by atoms with E-state index in [0.29, 0.717) is 11.6 Å². The number of imidazole rings is 1. The van der Waals surface area contributed by atoms with Crippen molar-refractivity contribution in [3.63, 3.8) is 0 Å². The molecule has 3 nitrogen and oxygen atoms in total. The second kappa shape index (κ2) is 3.36. The molecule has 0 bridgehead atoms. The highest BCUT2D eigenvalue weighted by Crippen LogP contribution is 2.17. The molecule has 68 valence electrons. The van der Waals surface area contributed by atoms with E-state index < -0.39 is 0 Å². The average Bonchev–Trinajstić information content (AvgIpc) is 2.49. The molecule has 0 aliphatic carbocycles. The van der Waals surface area contributed by atoms with E-state index in [2.05, 4.69) is 4.98 Å². The van der Waals surface area contributed by atoms with Crippen molar-refractivity contribution in [3.05, 3.63) is 29.5 Å². The van der Waals surface area contributed by atoms with Crippen LogP contribution in [0.2, 0.25) is 5.02 Å². The monoisotopic (exact) mass is 195 g/mol. The molecule has 1 aromatic heterocycles. The van der Waals surface area contributed by atoms with E-state index in [9.17, 15) is 0 Å². The fourth-order valence-electron chi connectivity index (χ4n) is 1.35. The van der Waals surface area contributed by atoms with Crippen LogP contribution in [0.15, 0.2) is 24.5 Å². The fourth-order valence-corrected chi connectivity index (χ4v) is 1.52. The molecule has 0 saturated heterocycles. The van der Waals surface area contributed by atoms with Crippen molar-refractivity contribution in [3.8, 4) is 0 Å². The van der Waals surface area contributed by atoms with E-state index in [0.717, 1.165) is 17.6 Å². The number of hydrogen-bond acceptors (Lipinski definition) is 2. The zero-order valence-corrected chi connectivity index (χ0v) is 7.83. The summed E-state index contributed by atoms with van der Waals surface area (Å²) >= 11 is 5.83. The number of hydrogen-bond donors (Lipinski definition) is 1. The zero-order chi connectivity index (χ0) is 9.26. The summed E-state index contributed by atoms with van der Waals surface area (Å²) in [5.41, 5.74) is 7.46. The highest BCUT2D eigenvalue weighted by atomic mass is 35.5. The summed E-state index contributed by atoms with van der Waals surface area (Å²) in [5, 5.41) is 0.713. The van der Waals surface area contributed by atoms with Gasteiger partial charge in [0.05, 0.1) is 17.4 Å². The first kappa shape index (κ1) is 8.53. The molecule has 0 amide bonds. The van der Waals surface area contributed by atoms with Crippen LogP contribution in [0.4, 0.5) is 0 Å². The van der Waals surface area contributed by atoms with Crippen LogP contribution in [-0.2, 0) is 6.54 Å². The summed E-state index contributed by atoms with van der Waals surface area (Å²) in [6.07, 6.45) is 1.79. The van der Waals surface area contributed by atoms with Crippen LogP contribution < -0.4 is 5.73 Å². The van der Waals surface area contributed by atoms with Gasteiger partial charge in [0.25, 0.3) is 0 Å². The lowest BCUT2D eigenvalue weighted by Gasteiger charge is -2.00. The largest absolute Gasteiger partial charge is 0.329 e. The summed E-state index contributed by atoms with van der Waals surface area (Å²) in [4.78, 5) is 4.22. The first-order chi connectivity index (χ1) is 6.31. The minimum Gasteiger partial charge on any atom is -0.329 e. The van der Waals surface area contributed by atoms with Gasteiger partial charge in [0.15, 0.2) is 0 Å². The number of benzene rings is 1. The second-order valence-electron chi connectivity index (χ2n) is 2.86. The highest BCUT2D eigenvalue weighted by molar-refractivity contribution is 6.31. The quantitative estimate of drug-likeness (QED) is 0.792. The predicted octanol–water partition coefficient (Wildman–Crippen LogP) is 1.65. The molecule has 0 aliphatic heterocycles. The molecule has 1 heterocycles. The highest BCUT2D eigenvalue weighted by Gasteiger charge is 2.01. The summed E-state index contributed by atoms with van der Waals surface area (Å²) in [6.45, 7) is 1.41. The van der Waals surface area contributed by atoms with Gasteiger partial charge in [-0.3, -0.25) is 0 Å². The van der Waals surface area contributed by atoms with Crippen molar-refractivity contribution in [2.45, 2.75) is 6.54 Å². The van der Waals surface area contributed by atoms with Crippen molar-refractivity contribution < 1.29 is 0 Å². The Kier molecular flexibility index (Phi) is 2.20. The third-order valence-corrected chi connectivity index (χ3v) is 2.19. The van der Waals surface area contributed by atoms with Gasteiger partial charge >= 0.3 is 0 Å². The molecule has 0 fully saturated rings. The Labute approximate surface area is 81.1 Å². The van der Waals surface area contributed by atoms with Gasteiger partial charge in [-0.05, 0) is 18.2 Å². The third kappa shape index (κ3) is 1.53.